The smallest absolute Gasteiger partial charge is 0.259 e. The first-order valence-corrected chi connectivity index (χ1v) is 5.03. The van der Waals surface area contributed by atoms with Gasteiger partial charge in [-0.1, -0.05) is 13.0 Å². The Labute approximate surface area is 87.6 Å². The lowest BCUT2D eigenvalue weighted by molar-refractivity contribution is 0.959. The number of nitrogens with zero attached hydrogens (tertiary/aromatic N) is 2. The van der Waals surface area contributed by atoms with Gasteiger partial charge in [0.25, 0.3) is 5.56 Å². The van der Waals surface area contributed by atoms with E-state index in [2.05, 4.69) is 17.2 Å². The molecule has 0 saturated heterocycles. The van der Waals surface area contributed by atoms with E-state index >= 15 is 0 Å². The van der Waals surface area contributed by atoms with Crippen molar-refractivity contribution in [3.63, 3.8) is 0 Å². The summed E-state index contributed by atoms with van der Waals surface area (Å²) in [6.07, 6.45) is 2.73. The number of anilines is 1. The molecule has 1 N–H and O–H groups in total. The Morgan fingerprint density at radius 3 is 3.13 bits per heavy atom. The van der Waals surface area contributed by atoms with Gasteiger partial charge in [0.05, 0.1) is 0 Å². The summed E-state index contributed by atoms with van der Waals surface area (Å²) in [5.41, 5.74) is 0.614. The lowest BCUT2D eigenvalue weighted by Crippen LogP contribution is -2.15. The molecule has 2 aromatic heterocycles. The van der Waals surface area contributed by atoms with Crippen molar-refractivity contribution >= 4 is 11.5 Å². The maximum Gasteiger partial charge on any atom is 0.259 e. The second kappa shape index (κ2) is 4.13. The fourth-order valence-corrected chi connectivity index (χ4v) is 1.40. The Bertz CT molecular complexity index is 518. The predicted octanol–water partition coefficient (Wildman–Crippen LogP) is 1.52. The molecule has 0 bridgehead atoms. The van der Waals surface area contributed by atoms with E-state index in [1.165, 1.54) is 10.5 Å². The normalized spacial score (nSPS) is 10.5. The third-order valence-electron chi connectivity index (χ3n) is 2.13. The van der Waals surface area contributed by atoms with Gasteiger partial charge < -0.3 is 5.32 Å². The second-order valence-electron chi connectivity index (χ2n) is 3.34. The van der Waals surface area contributed by atoms with Gasteiger partial charge in [0.2, 0.25) is 0 Å². The van der Waals surface area contributed by atoms with Gasteiger partial charge in [-0.15, -0.1) is 0 Å². The van der Waals surface area contributed by atoms with Crippen molar-refractivity contribution in [2.45, 2.75) is 13.3 Å². The molecule has 15 heavy (non-hydrogen) atoms. The molecule has 0 amide bonds. The van der Waals surface area contributed by atoms with E-state index in [1.807, 2.05) is 18.2 Å². The topological polar surface area (TPSA) is 46.4 Å². The number of hydrogen-bond acceptors (Lipinski definition) is 3. The van der Waals surface area contributed by atoms with Crippen molar-refractivity contribution in [2.75, 3.05) is 11.9 Å². The van der Waals surface area contributed by atoms with Crippen molar-refractivity contribution in [1.82, 2.24) is 9.38 Å². The Hall–Kier alpha value is -1.84. The molecule has 0 fully saturated rings. The first kappa shape index (κ1) is 9.71. The first-order valence-electron chi connectivity index (χ1n) is 5.03. The molecule has 0 aliphatic carbocycles. The van der Waals surface area contributed by atoms with Crippen molar-refractivity contribution in [3.05, 3.63) is 40.8 Å². The zero-order chi connectivity index (χ0) is 10.7. The summed E-state index contributed by atoms with van der Waals surface area (Å²) >= 11 is 0. The van der Waals surface area contributed by atoms with Crippen molar-refractivity contribution < 1.29 is 0 Å². The zero-order valence-electron chi connectivity index (χ0n) is 8.60. The van der Waals surface area contributed by atoms with Crippen LogP contribution < -0.4 is 10.9 Å². The quantitative estimate of drug-likeness (QED) is 0.822. The van der Waals surface area contributed by atoms with E-state index in [0.717, 1.165) is 13.0 Å². The number of aromatic nitrogens is 2. The largest absolute Gasteiger partial charge is 0.370 e. The number of hydrogen-bond donors (Lipinski definition) is 1. The lowest BCUT2D eigenvalue weighted by atomic mass is 10.4. The molecular formula is C11H13N3O. The number of nitrogens with one attached hydrogen (secondary N) is 1. The summed E-state index contributed by atoms with van der Waals surface area (Å²) in [6, 6.07) is 7.02. The molecule has 0 saturated carbocycles. The minimum absolute atomic E-state index is 0.0563. The fourth-order valence-electron chi connectivity index (χ4n) is 1.40. The molecule has 0 unspecified atom stereocenters. The van der Waals surface area contributed by atoms with Crippen LogP contribution in [0.15, 0.2) is 35.3 Å². The Morgan fingerprint density at radius 1 is 1.47 bits per heavy atom. The molecule has 4 nitrogen and oxygen atoms in total. The van der Waals surface area contributed by atoms with Gasteiger partial charge in [0.15, 0.2) is 0 Å². The monoisotopic (exact) mass is 203 g/mol. The van der Waals surface area contributed by atoms with Gasteiger partial charge in [-0.25, -0.2) is 4.98 Å². The van der Waals surface area contributed by atoms with Gasteiger partial charge >= 0.3 is 0 Å². The van der Waals surface area contributed by atoms with Crippen LogP contribution in [0.25, 0.3) is 5.65 Å². The van der Waals surface area contributed by atoms with Crippen LogP contribution in [0, 0.1) is 0 Å². The summed E-state index contributed by atoms with van der Waals surface area (Å²) in [6.45, 7) is 2.90. The van der Waals surface area contributed by atoms with E-state index in [0.29, 0.717) is 11.5 Å². The van der Waals surface area contributed by atoms with Crippen molar-refractivity contribution in [3.8, 4) is 0 Å². The molecule has 0 spiro atoms. The van der Waals surface area contributed by atoms with Gasteiger partial charge in [0, 0.05) is 18.8 Å². The SMILES string of the molecule is CCCNc1cc(=O)n2ccccc2n1. The Kier molecular flexibility index (Phi) is 2.67. The molecule has 0 aliphatic heterocycles. The zero-order valence-corrected chi connectivity index (χ0v) is 8.60. The summed E-state index contributed by atoms with van der Waals surface area (Å²) < 4.78 is 1.52. The van der Waals surface area contributed by atoms with Crippen LogP contribution in [0.2, 0.25) is 0 Å². The molecule has 78 valence electrons. The summed E-state index contributed by atoms with van der Waals surface area (Å²) in [5, 5.41) is 3.10. The molecule has 0 radical (unpaired) electrons. The average molecular weight is 203 g/mol. The van der Waals surface area contributed by atoms with Crippen LogP contribution in [0.5, 0.6) is 0 Å². The van der Waals surface area contributed by atoms with Crippen LogP contribution in [-0.4, -0.2) is 15.9 Å². The Morgan fingerprint density at radius 2 is 2.33 bits per heavy atom. The minimum Gasteiger partial charge on any atom is -0.370 e. The first-order chi connectivity index (χ1) is 7.31. The third kappa shape index (κ3) is 1.98. The highest BCUT2D eigenvalue weighted by molar-refractivity contribution is 5.46. The van der Waals surface area contributed by atoms with E-state index in [-0.39, 0.29) is 5.56 Å². The molecule has 0 aromatic carbocycles. The highest BCUT2D eigenvalue weighted by Crippen LogP contribution is 2.02. The van der Waals surface area contributed by atoms with Gasteiger partial charge in [-0.05, 0) is 18.6 Å². The second-order valence-corrected chi connectivity index (χ2v) is 3.34. The molecule has 2 rings (SSSR count). The van der Waals surface area contributed by atoms with E-state index in [4.69, 9.17) is 0 Å². The molecule has 0 aliphatic rings. The molecular weight excluding hydrogens is 190 g/mol. The highest BCUT2D eigenvalue weighted by Gasteiger charge is 1.99. The average Bonchev–Trinajstić information content (AvgIpc) is 2.26. The maximum absolute atomic E-state index is 11.6. The summed E-state index contributed by atoms with van der Waals surface area (Å²) in [7, 11) is 0. The predicted molar refractivity (Wildman–Crippen MR) is 60.2 cm³/mol. The highest BCUT2D eigenvalue weighted by atomic mass is 16.1. The maximum atomic E-state index is 11.6. The summed E-state index contributed by atoms with van der Waals surface area (Å²) in [4.78, 5) is 16.0. The third-order valence-corrected chi connectivity index (χ3v) is 2.13. The van der Waals surface area contributed by atoms with Gasteiger partial charge in [-0.2, -0.15) is 0 Å². The molecule has 2 aromatic rings. The van der Waals surface area contributed by atoms with Gasteiger partial charge in [-0.3, -0.25) is 9.20 Å². The number of fused-ring (bicyclic) bond motifs is 1. The van der Waals surface area contributed by atoms with Crippen LogP contribution in [0.4, 0.5) is 5.82 Å². The van der Waals surface area contributed by atoms with E-state index in [9.17, 15) is 4.79 Å². The summed E-state index contributed by atoms with van der Waals surface area (Å²) in [5.74, 6) is 0.646. The lowest BCUT2D eigenvalue weighted by Gasteiger charge is -2.05. The molecule has 0 atom stereocenters. The van der Waals surface area contributed by atoms with E-state index in [1.54, 1.807) is 6.20 Å². The van der Waals surface area contributed by atoms with Crippen molar-refractivity contribution in [1.29, 1.82) is 0 Å². The minimum atomic E-state index is -0.0563. The van der Waals surface area contributed by atoms with Crippen LogP contribution in [0.1, 0.15) is 13.3 Å². The number of rotatable bonds is 3. The molecule has 2 heterocycles. The van der Waals surface area contributed by atoms with E-state index < -0.39 is 0 Å². The standard InChI is InChI=1S/C11H13N3O/c1-2-6-12-9-8-11(15)14-7-4-3-5-10(14)13-9/h3-5,7-8,12H,2,6H2,1H3. The number of pyridine rings is 1. The van der Waals surface area contributed by atoms with Gasteiger partial charge in [0.1, 0.15) is 11.5 Å². The fraction of sp³-hybridized carbons (Fsp3) is 0.273. The van der Waals surface area contributed by atoms with Crippen LogP contribution in [-0.2, 0) is 0 Å². The van der Waals surface area contributed by atoms with Crippen LogP contribution in [0.3, 0.4) is 0 Å². The Balaban J connectivity index is 2.48. The van der Waals surface area contributed by atoms with Crippen LogP contribution >= 0.6 is 0 Å². The van der Waals surface area contributed by atoms with Crippen molar-refractivity contribution in [2.24, 2.45) is 0 Å². The molecule has 4 heteroatoms.